The van der Waals surface area contributed by atoms with Crippen molar-refractivity contribution in [1.29, 1.82) is 0 Å². The van der Waals surface area contributed by atoms with Gasteiger partial charge in [-0.15, -0.1) is 0 Å². The molecule has 0 saturated heterocycles. The van der Waals surface area contributed by atoms with Gasteiger partial charge in [-0.05, 0) is 19.3 Å². The second kappa shape index (κ2) is 20.5. The molecule has 1 atom stereocenters. The average molecular weight is 400 g/mol. The molecule has 5 heteroatoms. The highest BCUT2D eigenvalue weighted by Crippen LogP contribution is 2.11. The maximum absolute atomic E-state index is 12.3. The van der Waals surface area contributed by atoms with Gasteiger partial charge in [0, 0.05) is 0 Å². The maximum atomic E-state index is 12.3. The molecule has 1 N–H and O–H groups in total. The van der Waals surface area contributed by atoms with Gasteiger partial charge in [0.2, 0.25) is 0 Å². The Hall–Kier alpha value is -1.26. The van der Waals surface area contributed by atoms with Gasteiger partial charge in [0.25, 0.3) is 0 Å². The number of rotatable bonds is 19. The lowest BCUT2D eigenvalue weighted by atomic mass is 10.1. The number of nitrogens with one attached hydrogen (secondary N) is 1. The highest BCUT2D eigenvalue weighted by Gasteiger charge is 2.22. The molecule has 1 unspecified atom stereocenters. The number of carbonyl (C=O) groups excluding carboxylic acids is 2. The quantitative estimate of drug-likeness (QED) is 0.198. The van der Waals surface area contributed by atoms with E-state index in [0.717, 1.165) is 38.5 Å². The molecule has 1 amide bonds. The molecule has 0 saturated carbocycles. The summed E-state index contributed by atoms with van der Waals surface area (Å²) in [5.74, 6) is -0.336. The molecule has 0 rings (SSSR count). The number of hydrogen-bond donors (Lipinski definition) is 1. The van der Waals surface area contributed by atoms with Crippen molar-refractivity contribution in [3.63, 3.8) is 0 Å². The van der Waals surface area contributed by atoms with Crippen molar-refractivity contribution in [1.82, 2.24) is 5.32 Å². The van der Waals surface area contributed by atoms with Crippen LogP contribution in [-0.4, -0.2) is 31.3 Å². The van der Waals surface area contributed by atoms with Gasteiger partial charge in [0.15, 0.2) is 0 Å². The molecule has 0 fully saturated rings. The van der Waals surface area contributed by atoms with E-state index in [9.17, 15) is 9.59 Å². The van der Waals surface area contributed by atoms with Crippen molar-refractivity contribution in [2.24, 2.45) is 0 Å². The Kier molecular flexibility index (Phi) is 19.6. The number of carbonyl (C=O) groups is 2. The number of hydrogen-bond acceptors (Lipinski definition) is 4. The van der Waals surface area contributed by atoms with Crippen LogP contribution in [0.25, 0.3) is 0 Å². The van der Waals surface area contributed by atoms with E-state index < -0.39 is 12.1 Å². The molecule has 0 bridgehead atoms. The zero-order valence-electron chi connectivity index (χ0n) is 18.7. The minimum Gasteiger partial charge on any atom is -0.464 e. The minimum absolute atomic E-state index is 0.336. The molecule has 5 nitrogen and oxygen atoms in total. The van der Waals surface area contributed by atoms with E-state index >= 15 is 0 Å². The van der Waals surface area contributed by atoms with Crippen LogP contribution >= 0.6 is 0 Å². The Balaban J connectivity index is 3.84. The van der Waals surface area contributed by atoms with E-state index in [1.165, 1.54) is 51.4 Å². The van der Waals surface area contributed by atoms with Crippen molar-refractivity contribution in [3.05, 3.63) is 0 Å². The van der Waals surface area contributed by atoms with Crippen LogP contribution in [-0.2, 0) is 14.3 Å². The summed E-state index contributed by atoms with van der Waals surface area (Å²) >= 11 is 0. The molecule has 0 aromatic heterocycles. The van der Waals surface area contributed by atoms with Gasteiger partial charge in [0.1, 0.15) is 6.04 Å². The fraction of sp³-hybridized carbons (Fsp3) is 0.913. The molecule has 0 aliphatic heterocycles. The number of amides is 1. The Labute approximate surface area is 173 Å². The monoisotopic (exact) mass is 399 g/mol. The largest absolute Gasteiger partial charge is 0.464 e. The van der Waals surface area contributed by atoms with Crippen LogP contribution in [0.1, 0.15) is 117 Å². The Bertz CT molecular complexity index is 374. The van der Waals surface area contributed by atoms with Gasteiger partial charge in [0.05, 0.1) is 13.2 Å². The Morgan fingerprint density at radius 1 is 0.643 bits per heavy atom. The van der Waals surface area contributed by atoms with Gasteiger partial charge >= 0.3 is 12.1 Å². The Morgan fingerprint density at radius 2 is 1.14 bits per heavy atom. The van der Waals surface area contributed by atoms with E-state index in [4.69, 9.17) is 9.47 Å². The van der Waals surface area contributed by atoms with Crippen LogP contribution in [0.5, 0.6) is 0 Å². The van der Waals surface area contributed by atoms with Gasteiger partial charge in [-0.2, -0.15) is 0 Å². The summed E-state index contributed by atoms with van der Waals surface area (Å²) in [6, 6.07) is -0.600. The molecule has 0 aromatic rings. The fourth-order valence-corrected chi connectivity index (χ4v) is 3.01. The maximum Gasteiger partial charge on any atom is 0.407 e. The van der Waals surface area contributed by atoms with E-state index in [-0.39, 0.29) is 5.97 Å². The SMILES string of the molecule is CCCCCCCCCCCCOC(=O)C(CCCC)NC(=O)OCCCC. The van der Waals surface area contributed by atoms with Crippen molar-refractivity contribution >= 4 is 12.1 Å². The first-order valence-electron chi connectivity index (χ1n) is 11.8. The third-order valence-corrected chi connectivity index (χ3v) is 4.90. The third kappa shape index (κ3) is 16.9. The number of unbranched alkanes of at least 4 members (excludes halogenated alkanes) is 11. The van der Waals surface area contributed by atoms with E-state index in [1.54, 1.807) is 0 Å². The molecule has 166 valence electrons. The number of ether oxygens (including phenoxy) is 2. The summed E-state index contributed by atoms with van der Waals surface area (Å²) < 4.78 is 10.5. The lowest BCUT2D eigenvalue weighted by Gasteiger charge is -2.17. The van der Waals surface area contributed by atoms with Gasteiger partial charge in [-0.25, -0.2) is 9.59 Å². The van der Waals surface area contributed by atoms with Crippen LogP contribution in [0.15, 0.2) is 0 Å². The minimum atomic E-state index is -0.600. The number of alkyl carbamates (subject to hydrolysis) is 1. The van der Waals surface area contributed by atoms with Crippen LogP contribution in [0.4, 0.5) is 4.79 Å². The molecule has 0 aliphatic rings. The third-order valence-electron chi connectivity index (χ3n) is 4.90. The first kappa shape index (κ1) is 26.7. The van der Waals surface area contributed by atoms with Crippen molar-refractivity contribution in [2.45, 2.75) is 123 Å². The molecular weight excluding hydrogens is 354 g/mol. The predicted octanol–water partition coefficient (Wildman–Crippen LogP) is 6.54. The summed E-state index contributed by atoms with van der Waals surface area (Å²) in [4.78, 5) is 24.1. The van der Waals surface area contributed by atoms with E-state index in [2.05, 4.69) is 19.2 Å². The smallest absolute Gasteiger partial charge is 0.407 e. The molecule has 28 heavy (non-hydrogen) atoms. The summed E-state index contributed by atoms with van der Waals surface area (Å²) in [5.41, 5.74) is 0. The van der Waals surface area contributed by atoms with Gasteiger partial charge in [-0.3, -0.25) is 0 Å². The van der Waals surface area contributed by atoms with Crippen LogP contribution in [0.3, 0.4) is 0 Å². The second-order valence-electron chi connectivity index (χ2n) is 7.68. The second-order valence-corrected chi connectivity index (χ2v) is 7.68. The van der Waals surface area contributed by atoms with Crippen LogP contribution < -0.4 is 5.32 Å². The predicted molar refractivity (Wildman–Crippen MR) is 116 cm³/mol. The van der Waals surface area contributed by atoms with Crippen molar-refractivity contribution < 1.29 is 19.1 Å². The zero-order chi connectivity index (χ0) is 20.9. The topological polar surface area (TPSA) is 64.6 Å². The zero-order valence-corrected chi connectivity index (χ0v) is 18.7. The normalized spacial score (nSPS) is 11.8. The first-order valence-corrected chi connectivity index (χ1v) is 11.8. The van der Waals surface area contributed by atoms with Crippen LogP contribution in [0.2, 0.25) is 0 Å². The molecule has 0 aliphatic carbocycles. The lowest BCUT2D eigenvalue weighted by Crippen LogP contribution is -2.42. The summed E-state index contributed by atoms with van der Waals surface area (Å²) in [5, 5.41) is 2.66. The highest BCUT2D eigenvalue weighted by molar-refractivity contribution is 5.81. The summed E-state index contributed by atoms with van der Waals surface area (Å²) in [6.07, 6.45) is 16.2. The van der Waals surface area contributed by atoms with E-state index in [1.807, 2.05) is 6.92 Å². The molecule has 0 aromatic carbocycles. The molecule has 0 heterocycles. The van der Waals surface area contributed by atoms with Crippen molar-refractivity contribution in [2.75, 3.05) is 13.2 Å². The lowest BCUT2D eigenvalue weighted by molar-refractivity contribution is -0.146. The van der Waals surface area contributed by atoms with Crippen molar-refractivity contribution in [3.8, 4) is 0 Å². The molecule has 0 spiro atoms. The number of esters is 1. The summed E-state index contributed by atoms with van der Waals surface area (Å²) in [7, 11) is 0. The summed E-state index contributed by atoms with van der Waals surface area (Å²) in [6.45, 7) is 7.16. The average Bonchev–Trinajstić information content (AvgIpc) is 2.69. The van der Waals surface area contributed by atoms with E-state index in [0.29, 0.717) is 19.6 Å². The Morgan fingerprint density at radius 3 is 1.71 bits per heavy atom. The fourth-order valence-electron chi connectivity index (χ4n) is 3.01. The highest BCUT2D eigenvalue weighted by atomic mass is 16.6. The van der Waals surface area contributed by atoms with Crippen LogP contribution in [0, 0.1) is 0 Å². The first-order chi connectivity index (χ1) is 13.7. The van der Waals surface area contributed by atoms with Gasteiger partial charge in [-0.1, -0.05) is 97.8 Å². The molecular formula is C23H45NO4. The van der Waals surface area contributed by atoms with Gasteiger partial charge < -0.3 is 14.8 Å². The molecule has 0 radical (unpaired) electrons. The standard InChI is InChI=1S/C23H45NO4/c1-4-7-10-11-12-13-14-15-16-17-20-27-22(25)21(18-8-5-2)24-23(26)28-19-9-6-3/h21H,4-20H2,1-3H3,(H,24,26).